The molecule has 0 saturated carbocycles. The topological polar surface area (TPSA) is 47.6 Å². The predicted molar refractivity (Wildman–Crippen MR) is 78.4 cm³/mol. The summed E-state index contributed by atoms with van der Waals surface area (Å²) >= 11 is 0. The molecule has 4 heteroatoms. The van der Waals surface area contributed by atoms with Gasteiger partial charge in [0, 0.05) is 13.5 Å². The van der Waals surface area contributed by atoms with Crippen molar-refractivity contribution in [2.24, 2.45) is 5.92 Å². The fourth-order valence-electron chi connectivity index (χ4n) is 2.52. The van der Waals surface area contributed by atoms with Crippen LogP contribution < -0.4 is 10.1 Å². The first-order valence-corrected chi connectivity index (χ1v) is 7.26. The van der Waals surface area contributed by atoms with Crippen molar-refractivity contribution in [1.82, 2.24) is 5.32 Å². The van der Waals surface area contributed by atoms with Crippen LogP contribution in [0.4, 0.5) is 0 Å². The van der Waals surface area contributed by atoms with E-state index < -0.39 is 0 Å². The van der Waals surface area contributed by atoms with Crippen molar-refractivity contribution in [3.05, 3.63) is 29.8 Å². The van der Waals surface area contributed by atoms with Crippen molar-refractivity contribution in [1.29, 1.82) is 0 Å². The quantitative estimate of drug-likeness (QED) is 0.613. The molecule has 1 N–H and O–H groups in total. The number of hydrogen-bond donors (Lipinski definition) is 1. The number of methoxy groups -OCH3 is 1. The van der Waals surface area contributed by atoms with E-state index >= 15 is 0 Å². The lowest BCUT2D eigenvalue weighted by atomic mass is 9.90. The Balaban J connectivity index is 1.97. The van der Waals surface area contributed by atoms with E-state index in [9.17, 15) is 4.79 Å². The van der Waals surface area contributed by atoms with Gasteiger partial charge in [-0.15, -0.1) is 0 Å². The minimum atomic E-state index is 0.185. The Labute approximate surface area is 120 Å². The van der Waals surface area contributed by atoms with Gasteiger partial charge in [0.2, 0.25) is 0 Å². The van der Waals surface area contributed by atoms with E-state index in [0.717, 1.165) is 25.9 Å². The molecule has 0 bridgehead atoms. The first-order valence-electron chi connectivity index (χ1n) is 7.26. The Hall–Kier alpha value is -1.39. The molecule has 4 nitrogen and oxygen atoms in total. The molecule has 1 heterocycles. The predicted octanol–water partition coefficient (Wildman–Crippen LogP) is 2.28. The first kappa shape index (κ1) is 15.0. The van der Waals surface area contributed by atoms with E-state index in [-0.39, 0.29) is 5.78 Å². The number of hydrogen-bond acceptors (Lipinski definition) is 4. The molecule has 0 spiro atoms. The molecule has 1 aliphatic rings. The van der Waals surface area contributed by atoms with Gasteiger partial charge in [0.25, 0.3) is 0 Å². The largest absolute Gasteiger partial charge is 0.490 e. The number of ketones is 1. The zero-order chi connectivity index (χ0) is 14.2. The lowest BCUT2D eigenvalue weighted by molar-refractivity contribution is 0.0944. The second kappa shape index (κ2) is 8.02. The first-order chi connectivity index (χ1) is 9.81. The standard InChI is InChI=1S/C16H23NO3/c1-19-10-11-20-16-5-3-2-4-14(16)15(18)12-13-6-8-17-9-7-13/h2-5,13,17H,6-12H2,1H3. The Bertz CT molecular complexity index is 427. The molecule has 0 atom stereocenters. The maximum atomic E-state index is 12.4. The molecule has 1 aromatic rings. The summed E-state index contributed by atoms with van der Waals surface area (Å²) < 4.78 is 10.6. The van der Waals surface area contributed by atoms with E-state index in [2.05, 4.69) is 5.32 Å². The number of Topliss-reactive ketones (excluding diaryl/α,β-unsaturated/α-hetero) is 1. The number of carbonyl (C=O) groups excluding carboxylic acids is 1. The summed E-state index contributed by atoms with van der Waals surface area (Å²) in [4.78, 5) is 12.4. The van der Waals surface area contributed by atoms with Crippen LogP contribution in [0.15, 0.2) is 24.3 Å². The Morgan fingerprint density at radius 1 is 1.25 bits per heavy atom. The number of para-hydroxylation sites is 1. The van der Waals surface area contributed by atoms with Crippen molar-refractivity contribution >= 4 is 5.78 Å². The summed E-state index contributed by atoms with van der Waals surface area (Å²) in [6.45, 7) is 3.03. The van der Waals surface area contributed by atoms with Crippen LogP contribution in [0.25, 0.3) is 0 Å². The van der Waals surface area contributed by atoms with Gasteiger partial charge in [0.1, 0.15) is 12.4 Å². The number of benzene rings is 1. The smallest absolute Gasteiger partial charge is 0.166 e. The monoisotopic (exact) mass is 277 g/mol. The molecule has 110 valence electrons. The van der Waals surface area contributed by atoms with Crippen molar-refractivity contribution in [3.63, 3.8) is 0 Å². The average molecular weight is 277 g/mol. The molecular formula is C16H23NO3. The van der Waals surface area contributed by atoms with Gasteiger partial charge < -0.3 is 14.8 Å². The molecule has 2 rings (SSSR count). The Kier molecular flexibility index (Phi) is 6.02. The van der Waals surface area contributed by atoms with Gasteiger partial charge in [-0.3, -0.25) is 4.79 Å². The van der Waals surface area contributed by atoms with Crippen LogP contribution in [0.2, 0.25) is 0 Å². The summed E-state index contributed by atoms with van der Waals surface area (Å²) in [7, 11) is 1.64. The molecule has 1 saturated heterocycles. The fraction of sp³-hybridized carbons (Fsp3) is 0.562. The molecule has 1 aromatic carbocycles. The molecule has 0 amide bonds. The van der Waals surface area contributed by atoms with Crippen LogP contribution in [0.3, 0.4) is 0 Å². The summed E-state index contributed by atoms with van der Waals surface area (Å²) in [5, 5.41) is 3.32. The molecular weight excluding hydrogens is 254 g/mol. The van der Waals surface area contributed by atoms with Crippen LogP contribution in [0.5, 0.6) is 5.75 Å². The molecule has 1 fully saturated rings. The molecule has 1 aliphatic heterocycles. The number of nitrogens with one attached hydrogen (secondary N) is 1. The zero-order valence-electron chi connectivity index (χ0n) is 12.1. The molecule has 0 aromatic heterocycles. The highest BCUT2D eigenvalue weighted by molar-refractivity contribution is 5.98. The van der Waals surface area contributed by atoms with Crippen LogP contribution >= 0.6 is 0 Å². The second-order valence-corrected chi connectivity index (χ2v) is 5.16. The van der Waals surface area contributed by atoms with E-state index in [1.807, 2.05) is 24.3 Å². The van der Waals surface area contributed by atoms with E-state index in [4.69, 9.17) is 9.47 Å². The fourth-order valence-corrected chi connectivity index (χ4v) is 2.52. The second-order valence-electron chi connectivity index (χ2n) is 5.16. The minimum Gasteiger partial charge on any atom is -0.490 e. The highest BCUT2D eigenvalue weighted by atomic mass is 16.5. The Morgan fingerprint density at radius 3 is 2.75 bits per heavy atom. The van der Waals surface area contributed by atoms with Gasteiger partial charge in [-0.05, 0) is 44.0 Å². The van der Waals surface area contributed by atoms with Crippen LogP contribution in [-0.2, 0) is 4.74 Å². The number of piperidine rings is 1. The van der Waals surface area contributed by atoms with E-state index in [1.165, 1.54) is 0 Å². The average Bonchev–Trinajstić information content (AvgIpc) is 2.49. The van der Waals surface area contributed by atoms with E-state index in [0.29, 0.717) is 36.9 Å². The van der Waals surface area contributed by atoms with Crippen LogP contribution in [0, 0.1) is 5.92 Å². The number of ether oxygens (including phenoxy) is 2. The number of rotatable bonds is 7. The Morgan fingerprint density at radius 2 is 2.00 bits per heavy atom. The van der Waals surface area contributed by atoms with Gasteiger partial charge >= 0.3 is 0 Å². The van der Waals surface area contributed by atoms with Gasteiger partial charge in [0.05, 0.1) is 12.2 Å². The van der Waals surface area contributed by atoms with Crippen molar-refractivity contribution in [3.8, 4) is 5.75 Å². The summed E-state index contributed by atoms with van der Waals surface area (Å²) in [5.74, 6) is 1.35. The third kappa shape index (κ3) is 4.32. The van der Waals surface area contributed by atoms with Gasteiger partial charge in [-0.1, -0.05) is 12.1 Å². The highest BCUT2D eigenvalue weighted by Crippen LogP contribution is 2.24. The van der Waals surface area contributed by atoms with Crippen molar-refractivity contribution in [2.75, 3.05) is 33.4 Å². The van der Waals surface area contributed by atoms with Gasteiger partial charge in [-0.25, -0.2) is 0 Å². The number of carbonyl (C=O) groups is 1. The van der Waals surface area contributed by atoms with Crippen molar-refractivity contribution < 1.29 is 14.3 Å². The highest BCUT2D eigenvalue weighted by Gasteiger charge is 2.19. The third-order valence-electron chi connectivity index (χ3n) is 3.67. The summed E-state index contributed by atoms with van der Waals surface area (Å²) in [6, 6.07) is 7.49. The van der Waals surface area contributed by atoms with Crippen LogP contribution in [0.1, 0.15) is 29.6 Å². The lowest BCUT2D eigenvalue weighted by Crippen LogP contribution is -2.29. The van der Waals surface area contributed by atoms with Gasteiger partial charge in [0.15, 0.2) is 5.78 Å². The minimum absolute atomic E-state index is 0.185. The zero-order valence-corrected chi connectivity index (χ0v) is 12.1. The molecule has 20 heavy (non-hydrogen) atoms. The maximum absolute atomic E-state index is 12.4. The summed E-state index contributed by atoms with van der Waals surface area (Å²) in [6.07, 6.45) is 2.78. The normalized spacial score (nSPS) is 16.1. The SMILES string of the molecule is COCCOc1ccccc1C(=O)CC1CCNCC1. The van der Waals surface area contributed by atoms with Crippen molar-refractivity contribution in [2.45, 2.75) is 19.3 Å². The van der Waals surface area contributed by atoms with Gasteiger partial charge in [-0.2, -0.15) is 0 Å². The molecule has 0 aliphatic carbocycles. The third-order valence-corrected chi connectivity index (χ3v) is 3.67. The maximum Gasteiger partial charge on any atom is 0.166 e. The molecule has 0 radical (unpaired) electrons. The lowest BCUT2D eigenvalue weighted by Gasteiger charge is -2.22. The summed E-state index contributed by atoms with van der Waals surface area (Å²) in [5.41, 5.74) is 0.696. The molecule has 0 unspecified atom stereocenters. The van der Waals surface area contributed by atoms with E-state index in [1.54, 1.807) is 7.11 Å². The van der Waals surface area contributed by atoms with Crippen LogP contribution in [-0.4, -0.2) is 39.2 Å².